The molecule has 34 heavy (non-hydrogen) atoms. The second-order valence-corrected chi connectivity index (χ2v) is 7.68. The molecule has 1 heterocycles. The van der Waals surface area contributed by atoms with E-state index in [1.165, 1.54) is 0 Å². The third kappa shape index (κ3) is 5.67. The van der Waals surface area contributed by atoms with E-state index in [0.29, 0.717) is 40.5 Å². The first-order valence-electron chi connectivity index (χ1n) is 11.2. The van der Waals surface area contributed by atoms with E-state index in [0.717, 1.165) is 6.42 Å². The number of nitrogens with one attached hydrogen (secondary N) is 3. The summed E-state index contributed by atoms with van der Waals surface area (Å²) in [5.74, 6) is 0.229. The lowest BCUT2D eigenvalue weighted by atomic mass is 9.94. The van der Waals surface area contributed by atoms with Crippen LogP contribution in [0.5, 0.6) is 5.75 Å². The van der Waals surface area contributed by atoms with Gasteiger partial charge in [0, 0.05) is 23.6 Å². The summed E-state index contributed by atoms with van der Waals surface area (Å²) in [4.78, 5) is 39.3. The third-order valence-electron chi connectivity index (χ3n) is 5.39. The predicted octanol–water partition coefficient (Wildman–Crippen LogP) is 4.65. The number of hydrogen-bond donors (Lipinski definition) is 3. The van der Waals surface area contributed by atoms with Crippen LogP contribution >= 0.6 is 0 Å². The molecule has 0 aromatic heterocycles. The second-order valence-electron chi connectivity index (χ2n) is 7.68. The Morgan fingerprint density at radius 3 is 2.12 bits per heavy atom. The molecule has 0 saturated heterocycles. The maximum absolute atomic E-state index is 12.7. The summed E-state index contributed by atoms with van der Waals surface area (Å²) in [6.07, 6.45) is 0.754. The van der Waals surface area contributed by atoms with Crippen LogP contribution in [-0.2, 0) is 9.53 Å². The highest BCUT2D eigenvalue weighted by molar-refractivity contribution is 6.00. The van der Waals surface area contributed by atoms with Crippen LogP contribution in [0.25, 0.3) is 0 Å². The molecule has 1 atom stereocenters. The highest BCUT2D eigenvalue weighted by atomic mass is 16.5. The first kappa shape index (κ1) is 24.6. The first-order chi connectivity index (χ1) is 16.4. The van der Waals surface area contributed by atoms with E-state index in [1.54, 1.807) is 74.4 Å². The number of anilines is 2. The Morgan fingerprint density at radius 2 is 1.59 bits per heavy atom. The van der Waals surface area contributed by atoms with Crippen molar-refractivity contribution >= 4 is 29.4 Å². The van der Waals surface area contributed by atoms with Crippen molar-refractivity contribution in [2.24, 2.45) is 0 Å². The molecule has 0 fully saturated rings. The second kappa shape index (κ2) is 11.2. The normalized spacial score (nSPS) is 15.5. The van der Waals surface area contributed by atoms with Gasteiger partial charge in [-0.15, -0.1) is 0 Å². The number of carbonyl (C=O) groups is 3. The van der Waals surface area contributed by atoms with Crippen LogP contribution < -0.4 is 20.7 Å². The molecule has 180 valence electrons. The van der Waals surface area contributed by atoms with Gasteiger partial charge in [-0.25, -0.2) is 14.4 Å². The fourth-order valence-corrected chi connectivity index (χ4v) is 3.72. The smallest absolute Gasteiger partial charge is 0.338 e. The lowest BCUT2D eigenvalue weighted by Crippen LogP contribution is -2.48. The van der Waals surface area contributed by atoms with Crippen LogP contribution in [0.1, 0.15) is 38.8 Å². The van der Waals surface area contributed by atoms with Crippen molar-refractivity contribution in [3.63, 3.8) is 0 Å². The van der Waals surface area contributed by atoms with Gasteiger partial charge in [0.15, 0.2) is 0 Å². The van der Waals surface area contributed by atoms with Gasteiger partial charge in [0.25, 0.3) is 0 Å². The number of ether oxygens (including phenoxy) is 2. The molecule has 2 aromatic rings. The van der Waals surface area contributed by atoms with Crippen molar-refractivity contribution in [1.29, 1.82) is 0 Å². The maximum atomic E-state index is 12.7. The van der Waals surface area contributed by atoms with E-state index < -0.39 is 18.0 Å². The molecule has 0 bridgehead atoms. The molecular weight excluding hydrogens is 436 g/mol. The Kier molecular flexibility index (Phi) is 8.13. The SMILES string of the molecule is CCCN1C(=O)NC(c2ccc(NC(=O)Nc3ccc(OC)cc3)cc2)C(C(=O)OCC)=C1C. The molecule has 9 nitrogen and oxygen atoms in total. The molecule has 3 rings (SSSR count). The van der Waals surface area contributed by atoms with E-state index >= 15 is 0 Å². The van der Waals surface area contributed by atoms with Crippen molar-refractivity contribution in [3.05, 3.63) is 65.4 Å². The highest BCUT2D eigenvalue weighted by Crippen LogP contribution is 2.32. The van der Waals surface area contributed by atoms with E-state index in [1.807, 2.05) is 6.92 Å². The van der Waals surface area contributed by atoms with Crippen molar-refractivity contribution in [2.75, 3.05) is 30.9 Å². The number of benzene rings is 2. The van der Waals surface area contributed by atoms with Crippen molar-refractivity contribution in [2.45, 2.75) is 33.2 Å². The molecule has 1 aliphatic heterocycles. The summed E-state index contributed by atoms with van der Waals surface area (Å²) in [5, 5.41) is 8.42. The Balaban J connectivity index is 1.76. The molecule has 0 saturated carbocycles. The number of urea groups is 2. The molecule has 3 N–H and O–H groups in total. The summed E-state index contributed by atoms with van der Waals surface area (Å²) in [6, 6.07) is 12.6. The minimum Gasteiger partial charge on any atom is -0.497 e. The van der Waals surface area contributed by atoms with Crippen LogP contribution in [0, 0.1) is 0 Å². The Bertz CT molecular complexity index is 1060. The predicted molar refractivity (Wildman–Crippen MR) is 130 cm³/mol. The Morgan fingerprint density at radius 1 is 1.00 bits per heavy atom. The van der Waals surface area contributed by atoms with E-state index in [4.69, 9.17) is 9.47 Å². The quantitative estimate of drug-likeness (QED) is 0.491. The average Bonchev–Trinajstić information content (AvgIpc) is 2.82. The molecule has 2 aromatic carbocycles. The van der Waals surface area contributed by atoms with E-state index in [2.05, 4.69) is 16.0 Å². The molecule has 1 unspecified atom stereocenters. The van der Waals surface area contributed by atoms with Gasteiger partial charge in [-0.05, 0) is 62.2 Å². The fraction of sp³-hybridized carbons (Fsp3) is 0.320. The lowest BCUT2D eigenvalue weighted by Gasteiger charge is -2.35. The lowest BCUT2D eigenvalue weighted by molar-refractivity contribution is -0.139. The standard InChI is InChI=1S/C25H30N4O5/c1-5-15-29-16(3)21(23(30)34-6-2)22(28-25(29)32)17-7-9-18(10-8-17)26-24(31)27-19-11-13-20(33-4)14-12-19/h7-14,22H,5-6,15H2,1-4H3,(H,28,32)(H2,26,27,31). The number of esters is 1. The average molecular weight is 467 g/mol. The van der Waals surface area contributed by atoms with Gasteiger partial charge in [0.05, 0.1) is 25.3 Å². The van der Waals surface area contributed by atoms with Crippen molar-refractivity contribution < 1.29 is 23.9 Å². The summed E-state index contributed by atoms with van der Waals surface area (Å²) < 4.78 is 10.4. The zero-order valence-electron chi connectivity index (χ0n) is 19.8. The van der Waals surface area contributed by atoms with Crippen LogP contribution in [0.4, 0.5) is 21.0 Å². The highest BCUT2D eigenvalue weighted by Gasteiger charge is 2.36. The molecule has 0 spiro atoms. The number of hydrogen-bond acceptors (Lipinski definition) is 5. The maximum Gasteiger partial charge on any atom is 0.338 e. The van der Waals surface area contributed by atoms with Gasteiger partial charge in [-0.2, -0.15) is 0 Å². The third-order valence-corrected chi connectivity index (χ3v) is 5.39. The minimum atomic E-state index is -0.651. The number of allylic oxidation sites excluding steroid dienone is 1. The van der Waals surface area contributed by atoms with Crippen molar-refractivity contribution in [3.8, 4) is 5.75 Å². The van der Waals surface area contributed by atoms with Crippen molar-refractivity contribution in [1.82, 2.24) is 10.2 Å². The molecule has 0 radical (unpaired) electrons. The van der Waals surface area contributed by atoms with Gasteiger partial charge in [-0.3, -0.25) is 4.90 Å². The van der Waals surface area contributed by atoms with E-state index in [-0.39, 0.29) is 12.6 Å². The molecular formula is C25H30N4O5. The Labute approximate surface area is 199 Å². The molecule has 9 heteroatoms. The summed E-state index contributed by atoms with van der Waals surface area (Å²) in [7, 11) is 1.57. The van der Waals surface area contributed by atoms with Gasteiger partial charge in [0.2, 0.25) is 0 Å². The number of methoxy groups -OCH3 is 1. The van der Waals surface area contributed by atoms with Gasteiger partial charge < -0.3 is 25.4 Å². The van der Waals surface area contributed by atoms with Gasteiger partial charge in [-0.1, -0.05) is 19.1 Å². The fourth-order valence-electron chi connectivity index (χ4n) is 3.72. The summed E-state index contributed by atoms with van der Waals surface area (Å²) >= 11 is 0. The summed E-state index contributed by atoms with van der Waals surface area (Å²) in [5.41, 5.74) is 2.86. The van der Waals surface area contributed by atoms with Crippen LogP contribution in [0.2, 0.25) is 0 Å². The monoisotopic (exact) mass is 466 g/mol. The topological polar surface area (TPSA) is 109 Å². The Hall–Kier alpha value is -4.01. The zero-order chi connectivity index (χ0) is 24.7. The number of rotatable bonds is 8. The van der Waals surface area contributed by atoms with E-state index in [9.17, 15) is 14.4 Å². The molecule has 0 aliphatic carbocycles. The molecule has 1 aliphatic rings. The van der Waals surface area contributed by atoms with Crippen LogP contribution in [-0.4, -0.2) is 43.2 Å². The van der Waals surface area contributed by atoms with Gasteiger partial charge in [0.1, 0.15) is 5.75 Å². The number of nitrogens with zero attached hydrogens (tertiary/aromatic N) is 1. The summed E-state index contributed by atoms with van der Waals surface area (Å²) in [6.45, 7) is 6.20. The zero-order valence-corrected chi connectivity index (χ0v) is 19.8. The minimum absolute atomic E-state index is 0.232. The first-order valence-corrected chi connectivity index (χ1v) is 11.2. The largest absolute Gasteiger partial charge is 0.497 e. The number of carbonyl (C=O) groups excluding carboxylic acids is 3. The van der Waals surface area contributed by atoms with Crippen LogP contribution in [0.15, 0.2) is 59.8 Å². The van der Waals surface area contributed by atoms with Gasteiger partial charge >= 0.3 is 18.0 Å². The van der Waals surface area contributed by atoms with Crippen LogP contribution in [0.3, 0.4) is 0 Å². The number of amides is 4. The molecule has 4 amide bonds.